The molecule has 1 aromatic carbocycles. The van der Waals surface area contributed by atoms with Gasteiger partial charge in [-0.25, -0.2) is 0 Å². The Balaban J connectivity index is 2.60. The number of hydrogen-bond acceptors (Lipinski definition) is 4. The van der Waals surface area contributed by atoms with E-state index in [1.54, 1.807) is 0 Å². The molecule has 0 saturated heterocycles. The Morgan fingerprint density at radius 1 is 1.08 bits per heavy atom. The molecule has 6 nitrogen and oxygen atoms in total. The lowest BCUT2D eigenvalue weighted by molar-refractivity contribution is -0.125. The first-order chi connectivity index (χ1) is 11.5. The van der Waals surface area contributed by atoms with Crippen LogP contribution in [0, 0.1) is 0 Å². The monoisotopic (exact) mass is 334 g/mol. The number of nitrogens with two attached hydrogens (primary N) is 1. The zero-order chi connectivity index (χ0) is 18.0. The lowest BCUT2D eigenvalue weighted by Gasteiger charge is -2.36. The van der Waals surface area contributed by atoms with E-state index in [0.717, 1.165) is 12.8 Å². The SMILES string of the molecule is CCC(CC)(CNC(=O)CNC(=O)CN)NC(C)c1ccccc1. The standard InChI is InChI=1S/C18H30N4O2/c1-4-18(5-2,13-21-17(24)12-20-16(23)11-19)22-14(3)15-9-7-6-8-10-15/h6-10,14,22H,4-5,11-13,19H2,1-3H3,(H,20,23)(H,21,24). The highest BCUT2D eigenvalue weighted by Crippen LogP contribution is 2.21. The summed E-state index contributed by atoms with van der Waals surface area (Å²) in [7, 11) is 0. The summed E-state index contributed by atoms with van der Waals surface area (Å²) < 4.78 is 0. The van der Waals surface area contributed by atoms with E-state index in [-0.39, 0.29) is 36.5 Å². The minimum absolute atomic E-state index is 0.0478. The fourth-order valence-electron chi connectivity index (χ4n) is 2.62. The lowest BCUT2D eigenvalue weighted by atomic mass is 9.90. The summed E-state index contributed by atoms with van der Waals surface area (Å²) >= 11 is 0. The van der Waals surface area contributed by atoms with E-state index in [2.05, 4.69) is 48.9 Å². The van der Waals surface area contributed by atoms with Gasteiger partial charge >= 0.3 is 0 Å². The fraction of sp³-hybridized carbons (Fsp3) is 0.556. The lowest BCUT2D eigenvalue weighted by Crippen LogP contribution is -2.54. The highest BCUT2D eigenvalue weighted by atomic mass is 16.2. The molecular formula is C18H30N4O2. The minimum atomic E-state index is -0.335. The Morgan fingerprint density at radius 2 is 1.71 bits per heavy atom. The first-order valence-corrected chi connectivity index (χ1v) is 8.52. The molecule has 0 heterocycles. The number of carbonyl (C=O) groups excluding carboxylic acids is 2. The number of rotatable bonds is 10. The largest absolute Gasteiger partial charge is 0.353 e. The molecule has 0 aliphatic rings. The van der Waals surface area contributed by atoms with Crippen LogP contribution >= 0.6 is 0 Å². The van der Waals surface area contributed by atoms with Crippen LogP contribution in [0.4, 0.5) is 0 Å². The van der Waals surface area contributed by atoms with E-state index >= 15 is 0 Å². The number of carbonyl (C=O) groups is 2. The maximum atomic E-state index is 11.9. The van der Waals surface area contributed by atoms with Crippen LogP contribution in [0.25, 0.3) is 0 Å². The molecule has 1 unspecified atom stereocenters. The van der Waals surface area contributed by atoms with Gasteiger partial charge < -0.3 is 21.7 Å². The molecule has 24 heavy (non-hydrogen) atoms. The molecule has 0 bridgehead atoms. The smallest absolute Gasteiger partial charge is 0.239 e. The Kier molecular flexibility index (Phi) is 8.43. The predicted octanol–water partition coefficient (Wildman–Crippen LogP) is 1.09. The van der Waals surface area contributed by atoms with Gasteiger partial charge in [0.25, 0.3) is 0 Å². The van der Waals surface area contributed by atoms with Crippen LogP contribution in [0.2, 0.25) is 0 Å². The number of amides is 2. The van der Waals surface area contributed by atoms with Crippen molar-refractivity contribution in [3.8, 4) is 0 Å². The van der Waals surface area contributed by atoms with Gasteiger partial charge in [0.2, 0.25) is 11.8 Å². The maximum Gasteiger partial charge on any atom is 0.239 e. The van der Waals surface area contributed by atoms with Crippen LogP contribution < -0.4 is 21.7 Å². The van der Waals surface area contributed by atoms with Crippen molar-refractivity contribution in [1.29, 1.82) is 0 Å². The molecule has 1 aromatic rings. The van der Waals surface area contributed by atoms with E-state index in [1.807, 2.05) is 18.2 Å². The van der Waals surface area contributed by atoms with Gasteiger partial charge in [-0.2, -0.15) is 0 Å². The van der Waals surface area contributed by atoms with Crippen LogP contribution in [-0.2, 0) is 9.59 Å². The first kappa shape index (κ1) is 20.1. The second kappa shape index (κ2) is 10.1. The average Bonchev–Trinajstić information content (AvgIpc) is 2.63. The maximum absolute atomic E-state index is 11.9. The van der Waals surface area contributed by atoms with Crippen LogP contribution in [-0.4, -0.2) is 37.0 Å². The van der Waals surface area contributed by atoms with E-state index in [4.69, 9.17) is 5.73 Å². The first-order valence-electron chi connectivity index (χ1n) is 8.52. The summed E-state index contributed by atoms with van der Waals surface area (Å²) in [6.45, 7) is 6.69. The molecule has 5 N–H and O–H groups in total. The third kappa shape index (κ3) is 6.29. The topological polar surface area (TPSA) is 96.2 Å². The molecule has 1 rings (SSSR count). The van der Waals surface area contributed by atoms with Crippen molar-refractivity contribution in [2.45, 2.75) is 45.2 Å². The summed E-state index contributed by atoms with van der Waals surface area (Å²) in [5, 5.41) is 9.03. The van der Waals surface area contributed by atoms with E-state index in [9.17, 15) is 9.59 Å². The molecule has 134 valence electrons. The Bertz CT molecular complexity index is 515. The highest BCUT2D eigenvalue weighted by molar-refractivity contribution is 5.85. The molecule has 0 aliphatic carbocycles. The summed E-state index contributed by atoms with van der Waals surface area (Å²) in [5.41, 5.74) is 6.22. The van der Waals surface area contributed by atoms with Crippen LogP contribution in [0.1, 0.15) is 45.2 Å². The van der Waals surface area contributed by atoms with Gasteiger partial charge in [0.1, 0.15) is 0 Å². The van der Waals surface area contributed by atoms with Crippen molar-refractivity contribution in [3.05, 3.63) is 35.9 Å². The normalized spacial score (nSPS) is 12.5. The van der Waals surface area contributed by atoms with Crippen molar-refractivity contribution in [2.24, 2.45) is 5.73 Å². The van der Waals surface area contributed by atoms with E-state index < -0.39 is 0 Å². The number of hydrogen-bond donors (Lipinski definition) is 4. The molecule has 0 fully saturated rings. The van der Waals surface area contributed by atoms with Gasteiger partial charge in [-0.3, -0.25) is 9.59 Å². The highest BCUT2D eigenvalue weighted by Gasteiger charge is 2.28. The van der Waals surface area contributed by atoms with Gasteiger partial charge in [0.05, 0.1) is 13.1 Å². The van der Waals surface area contributed by atoms with Crippen LogP contribution in [0.15, 0.2) is 30.3 Å². The Morgan fingerprint density at radius 3 is 2.25 bits per heavy atom. The predicted molar refractivity (Wildman–Crippen MR) is 96.4 cm³/mol. The van der Waals surface area contributed by atoms with Gasteiger partial charge in [-0.1, -0.05) is 44.2 Å². The Hall–Kier alpha value is -1.92. The Labute approximate surface area is 144 Å². The summed E-state index contributed by atoms with van der Waals surface area (Å²) in [6.07, 6.45) is 1.77. The third-order valence-electron chi connectivity index (χ3n) is 4.43. The van der Waals surface area contributed by atoms with Crippen molar-refractivity contribution in [2.75, 3.05) is 19.6 Å². The third-order valence-corrected chi connectivity index (χ3v) is 4.43. The van der Waals surface area contributed by atoms with Crippen molar-refractivity contribution < 1.29 is 9.59 Å². The zero-order valence-electron chi connectivity index (χ0n) is 14.9. The van der Waals surface area contributed by atoms with Gasteiger partial charge in [0.15, 0.2) is 0 Å². The van der Waals surface area contributed by atoms with Gasteiger partial charge in [-0.05, 0) is 25.3 Å². The quantitative estimate of drug-likeness (QED) is 0.515. The van der Waals surface area contributed by atoms with Gasteiger partial charge in [-0.15, -0.1) is 0 Å². The summed E-state index contributed by atoms with van der Waals surface area (Å²) in [5.74, 6) is -0.546. The molecular weight excluding hydrogens is 304 g/mol. The molecule has 2 amide bonds. The number of nitrogens with one attached hydrogen (secondary N) is 3. The van der Waals surface area contributed by atoms with Crippen molar-refractivity contribution in [3.63, 3.8) is 0 Å². The van der Waals surface area contributed by atoms with Gasteiger partial charge in [0, 0.05) is 18.1 Å². The molecule has 0 aromatic heterocycles. The van der Waals surface area contributed by atoms with Crippen molar-refractivity contribution >= 4 is 11.8 Å². The van der Waals surface area contributed by atoms with E-state index in [0.29, 0.717) is 6.54 Å². The molecule has 0 aliphatic heterocycles. The molecule has 0 saturated carbocycles. The second-order valence-electron chi connectivity index (χ2n) is 6.02. The second-order valence-corrected chi connectivity index (χ2v) is 6.02. The molecule has 1 atom stereocenters. The average molecular weight is 334 g/mol. The minimum Gasteiger partial charge on any atom is -0.353 e. The number of benzene rings is 1. The summed E-state index contributed by atoms with van der Waals surface area (Å²) in [6, 6.07) is 10.4. The molecule has 0 spiro atoms. The fourth-order valence-corrected chi connectivity index (χ4v) is 2.62. The zero-order valence-corrected chi connectivity index (χ0v) is 14.9. The molecule has 6 heteroatoms. The van der Waals surface area contributed by atoms with E-state index in [1.165, 1.54) is 5.56 Å². The van der Waals surface area contributed by atoms with Crippen LogP contribution in [0.3, 0.4) is 0 Å². The summed E-state index contributed by atoms with van der Waals surface area (Å²) in [4.78, 5) is 23.0. The molecule has 0 radical (unpaired) electrons. The van der Waals surface area contributed by atoms with Crippen molar-refractivity contribution in [1.82, 2.24) is 16.0 Å². The van der Waals surface area contributed by atoms with Crippen LogP contribution in [0.5, 0.6) is 0 Å².